The lowest BCUT2D eigenvalue weighted by atomic mass is 10.9. The molecule has 0 unspecified atom stereocenters. The third-order valence-electron chi connectivity index (χ3n) is 0.873. The highest BCUT2D eigenvalue weighted by molar-refractivity contribution is 5.14. The topological polar surface area (TPSA) is 37.8 Å². The van der Waals surface area contributed by atoms with Crippen LogP contribution in [0.15, 0.2) is 23.8 Å². The summed E-state index contributed by atoms with van der Waals surface area (Å²) in [7, 11) is 0. The monoisotopic (exact) mass is 110 g/mol. The summed E-state index contributed by atoms with van der Waals surface area (Å²) in [6, 6.07) is 0. The van der Waals surface area contributed by atoms with E-state index in [2.05, 4.69) is 11.6 Å². The molecule has 0 aliphatic heterocycles. The summed E-state index contributed by atoms with van der Waals surface area (Å²) in [5, 5.41) is 0. The fourth-order valence-electron chi connectivity index (χ4n) is 0.475. The van der Waals surface area contributed by atoms with Gasteiger partial charge in [-0.3, -0.25) is 4.57 Å². The molecule has 8 heavy (non-hydrogen) atoms. The van der Waals surface area contributed by atoms with Crippen molar-refractivity contribution in [2.24, 2.45) is 0 Å². The van der Waals surface area contributed by atoms with Crippen LogP contribution >= 0.6 is 0 Å². The minimum Gasteiger partial charge on any atom is -0.312 e. The predicted octanol–water partition coefficient (Wildman–Crippen LogP) is 0.277. The van der Waals surface area contributed by atoms with E-state index >= 15 is 0 Å². The zero-order valence-corrected chi connectivity index (χ0v) is 4.29. The molecule has 1 aromatic heterocycles. The van der Waals surface area contributed by atoms with E-state index in [0.717, 1.165) is 0 Å². The van der Waals surface area contributed by atoms with Crippen LogP contribution < -0.4 is 5.69 Å². The van der Waals surface area contributed by atoms with E-state index in [1.807, 2.05) is 0 Å². The standard InChI is InChI=1S/C5H6N2O/c1-2-7-4-3-6-5(7)8/h2-4H,1H2,(H,6,8). The van der Waals surface area contributed by atoms with E-state index in [9.17, 15) is 4.79 Å². The molecule has 0 saturated carbocycles. The molecular weight excluding hydrogens is 104 g/mol. The van der Waals surface area contributed by atoms with Crippen LogP contribution in [0.3, 0.4) is 0 Å². The Morgan fingerprint density at radius 3 is 2.88 bits per heavy atom. The van der Waals surface area contributed by atoms with Gasteiger partial charge < -0.3 is 4.98 Å². The lowest BCUT2D eigenvalue weighted by Gasteiger charge is -1.80. The molecule has 0 amide bonds. The molecule has 0 aliphatic carbocycles. The fourth-order valence-corrected chi connectivity index (χ4v) is 0.475. The van der Waals surface area contributed by atoms with Crippen molar-refractivity contribution in [2.75, 3.05) is 0 Å². The maximum atomic E-state index is 10.5. The van der Waals surface area contributed by atoms with Crippen molar-refractivity contribution >= 4 is 6.20 Å². The molecule has 0 saturated heterocycles. The number of nitrogens with one attached hydrogen (secondary N) is 1. The van der Waals surface area contributed by atoms with Gasteiger partial charge in [-0.25, -0.2) is 4.79 Å². The van der Waals surface area contributed by atoms with Crippen molar-refractivity contribution in [2.45, 2.75) is 0 Å². The second-order valence-corrected chi connectivity index (χ2v) is 1.36. The van der Waals surface area contributed by atoms with Gasteiger partial charge in [0.25, 0.3) is 0 Å². The average Bonchev–Trinajstić information content (AvgIpc) is 2.14. The van der Waals surface area contributed by atoms with Gasteiger partial charge in [-0.2, -0.15) is 0 Å². The third-order valence-corrected chi connectivity index (χ3v) is 0.873. The van der Waals surface area contributed by atoms with Crippen molar-refractivity contribution < 1.29 is 0 Å². The van der Waals surface area contributed by atoms with Crippen LogP contribution in [0.2, 0.25) is 0 Å². The van der Waals surface area contributed by atoms with Crippen LogP contribution in [0, 0.1) is 0 Å². The van der Waals surface area contributed by atoms with Gasteiger partial charge in [0.05, 0.1) is 0 Å². The van der Waals surface area contributed by atoms with Crippen LogP contribution in [0.4, 0.5) is 0 Å². The van der Waals surface area contributed by atoms with Crippen molar-refractivity contribution in [3.63, 3.8) is 0 Å². The Kier molecular flexibility index (Phi) is 1.04. The first-order valence-corrected chi connectivity index (χ1v) is 2.22. The first-order valence-electron chi connectivity index (χ1n) is 2.22. The molecule has 3 nitrogen and oxygen atoms in total. The van der Waals surface area contributed by atoms with Crippen LogP contribution in [-0.2, 0) is 0 Å². The highest BCUT2D eigenvalue weighted by Crippen LogP contribution is 1.74. The van der Waals surface area contributed by atoms with E-state index in [0.29, 0.717) is 0 Å². The number of nitrogens with zero attached hydrogens (tertiary/aromatic N) is 1. The molecule has 0 aliphatic rings. The van der Waals surface area contributed by atoms with E-state index in [4.69, 9.17) is 0 Å². The van der Waals surface area contributed by atoms with E-state index in [1.54, 1.807) is 12.4 Å². The number of H-pyrrole nitrogens is 1. The van der Waals surface area contributed by atoms with E-state index in [-0.39, 0.29) is 5.69 Å². The molecule has 1 aromatic rings. The first-order chi connectivity index (χ1) is 3.84. The lowest BCUT2D eigenvalue weighted by Crippen LogP contribution is -2.09. The predicted molar refractivity (Wildman–Crippen MR) is 31.4 cm³/mol. The largest absolute Gasteiger partial charge is 0.329 e. The van der Waals surface area contributed by atoms with E-state index < -0.39 is 0 Å². The Morgan fingerprint density at radius 1 is 1.88 bits per heavy atom. The van der Waals surface area contributed by atoms with Gasteiger partial charge in [0.1, 0.15) is 0 Å². The molecule has 42 valence electrons. The summed E-state index contributed by atoms with van der Waals surface area (Å²) in [6.45, 7) is 3.41. The van der Waals surface area contributed by atoms with Gasteiger partial charge in [0.2, 0.25) is 0 Å². The molecule has 1 heterocycles. The SMILES string of the molecule is C=Cn1cc[nH]c1=O. The smallest absolute Gasteiger partial charge is 0.312 e. The Morgan fingerprint density at radius 2 is 2.62 bits per heavy atom. The Bertz CT molecular complexity index is 233. The van der Waals surface area contributed by atoms with Crippen molar-refractivity contribution in [1.82, 2.24) is 9.55 Å². The molecule has 1 rings (SSSR count). The maximum absolute atomic E-state index is 10.5. The molecule has 3 heteroatoms. The second-order valence-electron chi connectivity index (χ2n) is 1.36. The van der Waals surface area contributed by atoms with Gasteiger partial charge in [-0.1, -0.05) is 6.58 Å². The van der Waals surface area contributed by atoms with Gasteiger partial charge in [-0.15, -0.1) is 0 Å². The number of hydrogen-bond acceptors (Lipinski definition) is 1. The Balaban J connectivity index is 3.30. The number of rotatable bonds is 1. The minimum absolute atomic E-state index is 0.153. The van der Waals surface area contributed by atoms with E-state index in [1.165, 1.54) is 10.8 Å². The third kappa shape index (κ3) is 0.578. The highest BCUT2D eigenvalue weighted by atomic mass is 16.1. The van der Waals surface area contributed by atoms with Crippen LogP contribution in [0.25, 0.3) is 6.20 Å². The first kappa shape index (κ1) is 4.90. The number of aromatic amines is 1. The van der Waals surface area contributed by atoms with Crippen molar-refractivity contribution in [3.05, 3.63) is 29.5 Å². The number of hydrogen-bond donors (Lipinski definition) is 1. The lowest BCUT2D eigenvalue weighted by molar-refractivity contribution is 1.05. The van der Waals surface area contributed by atoms with Crippen LogP contribution in [0.1, 0.15) is 0 Å². The average molecular weight is 110 g/mol. The molecule has 1 N–H and O–H groups in total. The summed E-state index contributed by atoms with van der Waals surface area (Å²) >= 11 is 0. The summed E-state index contributed by atoms with van der Waals surface area (Å²) < 4.78 is 1.36. The van der Waals surface area contributed by atoms with Gasteiger partial charge in [0, 0.05) is 18.6 Å². The van der Waals surface area contributed by atoms with Crippen molar-refractivity contribution in [3.8, 4) is 0 Å². The van der Waals surface area contributed by atoms with Gasteiger partial charge in [-0.05, 0) is 0 Å². The van der Waals surface area contributed by atoms with Gasteiger partial charge >= 0.3 is 5.69 Å². The summed E-state index contributed by atoms with van der Waals surface area (Å²) in [5.41, 5.74) is -0.153. The molecule has 0 spiro atoms. The summed E-state index contributed by atoms with van der Waals surface area (Å²) in [6.07, 6.45) is 4.61. The highest BCUT2D eigenvalue weighted by Gasteiger charge is 1.83. The fraction of sp³-hybridized carbons (Fsp3) is 0. The summed E-state index contributed by atoms with van der Waals surface area (Å²) in [5.74, 6) is 0. The quantitative estimate of drug-likeness (QED) is 0.553. The van der Waals surface area contributed by atoms with Gasteiger partial charge in [0.15, 0.2) is 0 Å². The minimum atomic E-state index is -0.153. The molecule has 0 aromatic carbocycles. The van der Waals surface area contributed by atoms with Crippen molar-refractivity contribution in [1.29, 1.82) is 0 Å². The Hall–Kier alpha value is -1.25. The zero-order chi connectivity index (χ0) is 5.98. The Labute approximate surface area is 46.3 Å². The molecule has 0 atom stereocenters. The normalized spacial score (nSPS) is 9.00. The van der Waals surface area contributed by atoms with Crippen LogP contribution in [0.5, 0.6) is 0 Å². The molecule has 0 fully saturated rings. The molecule has 0 bridgehead atoms. The zero-order valence-electron chi connectivity index (χ0n) is 4.29. The molecular formula is C5H6N2O. The number of aromatic nitrogens is 2. The second kappa shape index (κ2) is 1.69. The summed E-state index contributed by atoms with van der Waals surface area (Å²) in [4.78, 5) is 12.9. The molecule has 0 radical (unpaired) electrons. The maximum Gasteiger partial charge on any atom is 0.329 e. The van der Waals surface area contributed by atoms with Crippen LogP contribution in [-0.4, -0.2) is 9.55 Å². The number of imidazole rings is 1.